The van der Waals surface area contributed by atoms with Crippen LogP contribution in [0.5, 0.6) is 0 Å². The summed E-state index contributed by atoms with van der Waals surface area (Å²) in [5.74, 6) is -5.75. The summed E-state index contributed by atoms with van der Waals surface area (Å²) in [6, 6.07) is -5.21. The van der Waals surface area contributed by atoms with Gasteiger partial charge in [0.2, 0.25) is 29.5 Å². The van der Waals surface area contributed by atoms with Crippen molar-refractivity contribution in [2.24, 2.45) is 39.6 Å². The number of primary amides is 2. The van der Waals surface area contributed by atoms with Crippen molar-refractivity contribution in [1.82, 2.24) is 16.0 Å². The summed E-state index contributed by atoms with van der Waals surface area (Å²) in [4.78, 5) is 76.2. The minimum atomic E-state index is -1.57. The van der Waals surface area contributed by atoms with Gasteiger partial charge in [0, 0.05) is 13.0 Å². The largest absolute Gasteiger partial charge is 0.480 e. The first-order chi connectivity index (χ1) is 17.1. The fourth-order valence-electron chi connectivity index (χ4n) is 3.17. The molecule has 0 saturated heterocycles. The van der Waals surface area contributed by atoms with E-state index in [1.807, 2.05) is 13.8 Å². The molecule has 0 rings (SSSR count). The van der Waals surface area contributed by atoms with Gasteiger partial charge in [0.05, 0.1) is 12.5 Å². The van der Waals surface area contributed by atoms with E-state index >= 15 is 0 Å². The summed E-state index contributed by atoms with van der Waals surface area (Å²) in [5, 5.41) is 16.3. The molecular weight excluding hydrogens is 490 g/mol. The van der Waals surface area contributed by atoms with Gasteiger partial charge in [0.25, 0.3) is 0 Å². The molecule has 0 saturated carbocycles. The maximum atomic E-state index is 12.9. The van der Waals surface area contributed by atoms with Crippen molar-refractivity contribution in [2.75, 3.05) is 6.54 Å². The fourth-order valence-corrected chi connectivity index (χ4v) is 3.17. The van der Waals surface area contributed by atoms with Crippen LogP contribution in [0, 0.1) is 5.92 Å². The van der Waals surface area contributed by atoms with Crippen molar-refractivity contribution in [3.05, 3.63) is 0 Å². The van der Waals surface area contributed by atoms with E-state index in [-0.39, 0.29) is 44.1 Å². The Hall–Kier alpha value is -3.95. The zero-order chi connectivity index (χ0) is 28.7. The van der Waals surface area contributed by atoms with Gasteiger partial charge in [-0.25, -0.2) is 4.79 Å². The molecule has 0 aromatic heterocycles. The average Bonchev–Trinajstić information content (AvgIpc) is 2.76. The molecule has 0 aromatic carbocycles. The molecule has 0 heterocycles. The molecule has 4 atom stereocenters. The first kappa shape index (κ1) is 33.0. The third kappa shape index (κ3) is 14.9. The highest BCUT2D eigenvalue weighted by molar-refractivity contribution is 5.96. The maximum absolute atomic E-state index is 12.9. The molecule has 0 aliphatic carbocycles. The lowest BCUT2D eigenvalue weighted by molar-refractivity contribution is -0.142. The lowest BCUT2D eigenvalue weighted by Gasteiger charge is -2.25. The normalized spacial score (nSPS) is 13.9. The van der Waals surface area contributed by atoms with E-state index in [2.05, 4.69) is 20.9 Å². The third-order valence-corrected chi connectivity index (χ3v) is 4.97. The number of carbonyl (C=O) groups excluding carboxylic acids is 5. The number of rotatable bonds is 18. The minimum absolute atomic E-state index is 0.0554. The standard InChI is InChI=1S/C21H39N9O7/c1-10(2)8-11(22)17(33)28-12(5-6-15(23)31)18(34)30-14(9-16(24)32)19(35)29-13(20(36)37)4-3-7-27-21(25)26/h10-14H,3-9,22H2,1-2H3,(H2,23,31)(H2,24,32)(H,28,33)(H,29,35)(H,30,34)(H,36,37)(H4,25,26,27). The van der Waals surface area contributed by atoms with Crippen molar-refractivity contribution in [1.29, 1.82) is 0 Å². The number of nitrogens with two attached hydrogens (primary N) is 5. The molecule has 0 bridgehead atoms. The van der Waals surface area contributed by atoms with Crippen molar-refractivity contribution in [3.8, 4) is 0 Å². The quantitative estimate of drug-likeness (QED) is 0.0472. The number of carboxylic acids is 1. The molecule has 0 spiro atoms. The molecule has 0 aliphatic rings. The van der Waals surface area contributed by atoms with E-state index < -0.39 is 66.1 Å². The van der Waals surface area contributed by atoms with Crippen LogP contribution in [0.15, 0.2) is 4.99 Å². The summed E-state index contributed by atoms with van der Waals surface area (Å²) in [6.45, 7) is 3.81. The Morgan fingerprint density at radius 3 is 1.81 bits per heavy atom. The van der Waals surface area contributed by atoms with Crippen LogP contribution in [-0.4, -0.2) is 77.3 Å². The van der Waals surface area contributed by atoms with Crippen LogP contribution < -0.4 is 44.6 Å². The lowest BCUT2D eigenvalue weighted by atomic mass is 10.0. The van der Waals surface area contributed by atoms with Gasteiger partial charge in [-0.05, 0) is 31.6 Å². The van der Waals surface area contributed by atoms with Crippen molar-refractivity contribution in [3.63, 3.8) is 0 Å². The SMILES string of the molecule is CC(C)CC(N)C(=O)NC(CCC(N)=O)C(=O)NC(CC(N)=O)C(=O)NC(CCCN=C(N)N)C(=O)O. The number of amides is 5. The summed E-state index contributed by atoms with van der Waals surface area (Å²) in [5.41, 5.74) is 26.6. The average molecular weight is 530 g/mol. The Morgan fingerprint density at radius 2 is 1.32 bits per heavy atom. The molecule has 14 N–H and O–H groups in total. The molecule has 0 radical (unpaired) electrons. The molecule has 4 unspecified atom stereocenters. The summed E-state index contributed by atoms with van der Waals surface area (Å²) in [6.07, 6.45) is -0.681. The molecule has 16 heteroatoms. The Balaban J connectivity index is 5.55. The maximum Gasteiger partial charge on any atom is 0.326 e. The molecule has 0 aliphatic heterocycles. The van der Waals surface area contributed by atoms with Crippen molar-refractivity contribution in [2.45, 2.75) is 76.5 Å². The number of hydrogen-bond donors (Lipinski definition) is 9. The van der Waals surface area contributed by atoms with Gasteiger partial charge in [0.15, 0.2) is 5.96 Å². The van der Waals surface area contributed by atoms with Gasteiger partial charge in [-0.15, -0.1) is 0 Å². The number of carboxylic acid groups (broad SMARTS) is 1. The van der Waals surface area contributed by atoms with E-state index in [0.717, 1.165) is 0 Å². The first-order valence-electron chi connectivity index (χ1n) is 11.6. The number of carbonyl (C=O) groups is 6. The number of guanidine groups is 1. The molecular formula is C21H39N9O7. The highest BCUT2D eigenvalue weighted by Gasteiger charge is 2.31. The number of nitrogens with one attached hydrogen (secondary N) is 3. The van der Waals surface area contributed by atoms with E-state index in [0.29, 0.717) is 6.42 Å². The molecule has 16 nitrogen and oxygen atoms in total. The Bertz CT molecular complexity index is 859. The molecule has 5 amide bonds. The van der Waals surface area contributed by atoms with Gasteiger partial charge >= 0.3 is 5.97 Å². The van der Waals surface area contributed by atoms with Crippen LogP contribution in [0.3, 0.4) is 0 Å². The van der Waals surface area contributed by atoms with Crippen LogP contribution in [-0.2, 0) is 28.8 Å². The van der Waals surface area contributed by atoms with Gasteiger partial charge < -0.3 is 49.7 Å². The van der Waals surface area contributed by atoms with Crippen LogP contribution in [0.4, 0.5) is 0 Å². The minimum Gasteiger partial charge on any atom is -0.480 e. The summed E-state index contributed by atoms with van der Waals surface area (Å²) >= 11 is 0. The van der Waals surface area contributed by atoms with E-state index in [4.69, 9.17) is 28.7 Å². The second-order valence-electron chi connectivity index (χ2n) is 8.88. The van der Waals surface area contributed by atoms with Gasteiger partial charge in [-0.3, -0.25) is 29.0 Å². The second kappa shape index (κ2) is 16.7. The predicted octanol–water partition coefficient (Wildman–Crippen LogP) is -3.91. The molecule has 37 heavy (non-hydrogen) atoms. The third-order valence-electron chi connectivity index (χ3n) is 4.97. The Kier molecular flexibility index (Phi) is 14.9. The summed E-state index contributed by atoms with van der Waals surface area (Å²) in [7, 11) is 0. The van der Waals surface area contributed by atoms with E-state index in [9.17, 15) is 33.9 Å². The zero-order valence-corrected chi connectivity index (χ0v) is 21.1. The van der Waals surface area contributed by atoms with E-state index in [1.54, 1.807) is 0 Å². The van der Waals surface area contributed by atoms with Gasteiger partial charge in [-0.1, -0.05) is 13.8 Å². The molecule has 0 fully saturated rings. The number of hydrogen-bond acceptors (Lipinski definition) is 8. The number of aliphatic carboxylic acids is 1. The van der Waals surface area contributed by atoms with Crippen LogP contribution in [0.25, 0.3) is 0 Å². The van der Waals surface area contributed by atoms with E-state index in [1.165, 1.54) is 0 Å². The highest BCUT2D eigenvalue weighted by atomic mass is 16.4. The van der Waals surface area contributed by atoms with Crippen LogP contribution >= 0.6 is 0 Å². The van der Waals surface area contributed by atoms with Crippen LogP contribution in [0.2, 0.25) is 0 Å². The number of aliphatic imine (C=N–C) groups is 1. The summed E-state index contributed by atoms with van der Waals surface area (Å²) < 4.78 is 0. The Morgan fingerprint density at radius 1 is 0.784 bits per heavy atom. The smallest absolute Gasteiger partial charge is 0.326 e. The monoisotopic (exact) mass is 529 g/mol. The number of nitrogens with zero attached hydrogens (tertiary/aromatic N) is 1. The van der Waals surface area contributed by atoms with Crippen LogP contribution in [0.1, 0.15) is 52.4 Å². The van der Waals surface area contributed by atoms with Gasteiger partial charge in [-0.2, -0.15) is 0 Å². The Labute approximate surface area is 214 Å². The van der Waals surface area contributed by atoms with Crippen molar-refractivity contribution >= 4 is 41.5 Å². The molecule has 210 valence electrons. The highest BCUT2D eigenvalue weighted by Crippen LogP contribution is 2.06. The van der Waals surface area contributed by atoms with Crippen molar-refractivity contribution < 1.29 is 33.9 Å². The second-order valence-corrected chi connectivity index (χ2v) is 8.88. The molecule has 0 aromatic rings. The lowest BCUT2D eigenvalue weighted by Crippen LogP contribution is -2.57. The predicted molar refractivity (Wildman–Crippen MR) is 133 cm³/mol. The first-order valence-corrected chi connectivity index (χ1v) is 11.6. The fraction of sp³-hybridized carbons (Fsp3) is 0.667. The zero-order valence-electron chi connectivity index (χ0n) is 21.1. The van der Waals surface area contributed by atoms with Gasteiger partial charge in [0.1, 0.15) is 18.1 Å². The topological polar surface area (TPSA) is 301 Å².